The molecule has 0 radical (unpaired) electrons. The Morgan fingerprint density at radius 1 is 1.86 bits per heavy atom. The van der Waals surface area contributed by atoms with Crippen molar-refractivity contribution >= 4 is 5.78 Å². The average Bonchev–Trinajstić information content (AvgIpc) is 1.68. The summed E-state index contributed by atoms with van der Waals surface area (Å²) in [6, 6.07) is 0. The molecule has 0 aromatic heterocycles. The molecule has 2 N–H and O–H groups in total. The van der Waals surface area contributed by atoms with Gasteiger partial charge in [0.05, 0.1) is 0 Å². The smallest absolute Gasteiger partial charge is 0.206 e. The first-order valence-electron chi connectivity index (χ1n) is 2.00. The van der Waals surface area contributed by atoms with E-state index >= 15 is 0 Å². The van der Waals surface area contributed by atoms with Crippen LogP contribution in [0.15, 0.2) is 0 Å². The van der Waals surface area contributed by atoms with Crippen molar-refractivity contribution in [2.24, 2.45) is 5.73 Å². The minimum atomic E-state index is -0.220. The molecule has 0 heterocycles. The monoisotopic (exact) mass is 97.1 g/mol. The van der Waals surface area contributed by atoms with Gasteiger partial charge in [-0.1, -0.05) is 0 Å². The van der Waals surface area contributed by atoms with Crippen LogP contribution in [0.1, 0.15) is 6.42 Å². The molecule has 0 aromatic carbocycles. The molecule has 7 heavy (non-hydrogen) atoms. The maximum absolute atomic E-state index is 10.1. The topological polar surface area (TPSA) is 43.1 Å². The molecule has 0 aliphatic rings. The third-order valence-electron chi connectivity index (χ3n) is 0.532. The minimum absolute atomic E-state index is 0.220. The Labute approximate surface area is 42.7 Å². The molecule has 0 atom stereocenters. The van der Waals surface area contributed by atoms with E-state index < -0.39 is 0 Å². The molecule has 0 aromatic rings. The quantitative estimate of drug-likeness (QED) is 0.374. The van der Waals surface area contributed by atoms with Gasteiger partial charge in [-0.2, -0.15) is 0 Å². The second-order valence-corrected chi connectivity index (χ2v) is 1.11. The molecular formula is C5H7NO. The van der Waals surface area contributed by atoms with Gasteiger partial charge in [-0.05, 0) is 5.92 Å². The Bertz CT molecular complexity index is 101. The van der Waals surface area contributed by atoms with Crippen LogP contribution in [0.3, 0.4) is 0 Å². The standard InChI is InChI=1S/C5H7NO/c1-2-5(7)3-4-6/h1H,3-4,6H2. The maximum Gasteiger partial charge on any atom is 0.206 e. The Balaban J connectivity index is 3.24. The van der Waals surface area contributed by atoms with Crippen LogP contribution in [-0.4, -0.2) is 12.3 Å². The number of ketones is 1. The molecule has 0 unspecified atom stereocenters. The van der Waals surface area contributed by atoms with Crippen molar-refractivity contribution in [2.45, 2.75) is 6.42 Å². The van der Waals surface area contributed by atoms with Gasteiger partial charge in [-0.25, -0.2) is 0 Å². The van der Waals surface area contributed by atoms with Crippen LogP contribution in [0.2, 0.25) is 0 Å². The summed E-state index contributed by atoms with van der Waals surface area (Å²) in [5, 5.41) is 0. The summed E-state index contributed by atoms with van der Waals surface area (Å²) in [4.78, 5) is 10.1. The lowest BCUT2D eigenvalue weighted by molar-refractivity contribution is -0.113. The van der Waals surface area contributed by atoms with Gasteiger partial charge in [0.2, 0.25) is 5.78 Å². The molecule has 2 nitrogen and oxygen atoms in total. The zero-order chi connectivity index (χ0) is 5.70. The highest BCUT2D eigenvalue weighted by Gasteiger charge is 1.88. The summed E-state index contributed by atoms with van der Waals surface area (Å²) in [5.74, 6) is 1.73. The molecule has 0 rings (SSSR count). The van der Waals surface area contributed by atoms with Gasteiger partial charge < -0.3 is 5.73 Å². The van der Waals surface area contributed by atoms with Crippen molar-refractivity contribution in [3.63, 3.8) is 0 Å². The first-order chi connectivity index (χ1) is 3.31. The highest BCUT2D eigenvalue weighted by molar-refractivity contribution is 5.94. The van der Waals surface area contributed by atoms with Gasteiger partial charge in [-0.3, -0.25) is 4.79 Å². The Hall–Kier alpha value is -0.810. The lowest BCUT2D eigenvalue weighted by atomic mass is 10.3. The molecule has 38 valence electrons. The number of rotatable bonds is 2. The first-order valence-corrected chi connectivity index (χ1v) is 2.00. The number of hydrogen-bond donors (Lipinski definition) is 1. The lowest BCUT2D eigenvalue weighted by Gasteiger charge is -1.81. The van der Waals surface area contributed by atoms with E-state index in [1.165, 1.54) is 0 Å². The maximum atomic E-state index is 10.1. The second kappa shape index (κ2) is 3.38. The van der Waals surface area contributed by atoms with E-state index in [1.54, 1.807) is 0 Å². The SMILES string of the molecule is C#CC(=O)CCN. The fourth-order valence-electron chi connectivity index (χ4n) is 0.203. The lowest BCUT2D eigenvalue weighted by Crippen LogP contribution is -2.04. The van der Waals surface area contributed by atoms with Gasteiger partial charge in [-0.15, -0.1) is 6.42 Å². The summed E-state index contributed by atoms with van der Waals surface area (Å²) in [6.45, 7) is 0.350. The van der Waals surface area contributed by atoms with Gasteiger partial charge >= 0.3 is 0 Å². The second-order valence-electron chi connectivity index (χ2n) is 1.11. The van der Waals surface area contributed by atoms with E-state index in [-0.39, 0.29) is 5.78 Å². The predicted molar refractivity (Wildman–Crippen MR) is 27.5 cm³/mol. The molecule has 0 fully saturated rings. The zero-order valence-electron chi connectivity index (χ0n) is 3.98. The van der Waals surface area contributed by atoms with Crippen molar-refractivity contribution in [3.05, 3.63) is 0 Å². The largest absolute Gasteiger partial charge is 0.330 e. The molecule has 2 heteroatoms. The van der Waals surface area contributed by atoms with Crippen LogP contribution >= 0.6 is 0 Å². The summed E-state index contributed by atoms with van der Waals surface area (Å²) < 4.78 is 0. The summed E-state index contributed by atoms with van der Waals surface area (Å²) >= 11 is 0. The molecule has 0 spiro atoms. The van der Waals surface area contributed by atoms with E-state index in [0.717, 1.165) is 0 Å². The Morgan fingerprint density at radius 2 is 2.43 bits per heavy atom. The number of hydrogen-bond acceptors (Lipinski definition) is 2. The van der Waals surface area contributed by atoms with Crippen molar-refractivity contribution < 1.29 is 4.79 Å². The summed E-state index contributed by atoms with van der Waals surface area (Å²) in [6.07, 6.45) is 5.01. The Morgan fingerprint density at radius 3 is 2.57 bits per heavy atom. The third kappa shape index (κ3) is 3.01. The van der Waals surface area contributed by atoms with Crippen LogP contribution < -0.4 is 5.73 Å². The Kier molecular flexibility index (Phi) is 2.99. The van der Waals surface area contributed by atoms with E-state index in [4.69, 9.17) is 12.2 Å². The molecule has 0 amide bonds. The van der Waals surface area contributed by atoms with E-state index in [2.05, 4.69) is 0 Å². The molecule has 0 aliphatic carbocycles. The van der Waals surface area contributed by atoms with Gasteiger partial charge in [0.15, 0.2) is 0 Å². The van der Waals surface area contributed by atoms with Crippen molar-refractivity contribution in [2.75, 3.05) is 6.54 Å². The zero-order valence-corrected chi connectivity index (χ0v) is 3.98. The van der Waals surface area contributed by atoms with Crippen LogP contribution in [0.5, 0.6) is 0 Å². The van der Waals surface area contributed by atoms with Crippen LogP contribution in [-0.2, 0) is 4.79 Å². The normalized spacial score (nSPS) is 7.43. The van der Waals surface area contributed by atoms with Crippen molar-refractivity contribution in [1.29, 1.82) is 0 Å². The summed E-state index contributed by atoms with van der Waals surface area (Å²) in [7, 11) is 0. The van der Waals surface area contributed by atoms with Gasteiger partial charge in [0, 0.05) is 13.0 Å². The average molecular weight is 97.1 g/mol. The fourth-order valence-corrected chi connectivity index (χ4v) is 0.203. The highest BCUT2D eigenvalue weighted by atomic mass is 16.1. The fraction of sp³-hybridized carbons (Fsp3) is 0.400. The van der Waals surface area contributed by atoms with Crippen LogP contribution in [0.4, 0.5) is 0 Å². The molecule has 0 saturated carbocycles. The van der Waals surface area contributed by atoms with E-state index in [1.807, 2.05) is 5.92 Å². The molecular weight excluding hydrogens is 90.1 g/mol. The number of nitrogens with two attached hydrogens (primary N) is 1. The number of terminal acetylenes is 1. The molecule has 0 aliphatic heterocycles. The van der Waals surface area contributed by atoms with Crippen molar-refractivity contribution in [3.8, 4) is 12.3 Å². The number of Topliss-reactive ketones (excluding diaryl/α,β-unsaturated/α-hetero) is 1. The van der Waals surface area contributed by atoms with Crippen molar-refractivity contribution in [1.82, 2.24) is 0 Å². The summed E-state index contributed by atoms with van der Waals surface area (Å²) in [5.41, 5.74) is 4.99. The predicted octanol–water partition coefficient (Wildman–Crippen LogP) is -0.463. The first kappa shape index (κ1) is 6.19. The number of carbonyl (C=O) groups excluding carboxylic acids is 1. The number of carbonyl (C=O) groups is 1. The van der Waals surface area contributed by atoms with Gasteiger partial charge in [0.25, 0.3) is 0 Å². The molecule has 0 bridgehead atoms. The highest BCUT2D eigenvalue weighted by Crippen LogP contribution is 1.72. The van der Waals surface area contributed by atoms with Crippen LogP contribution in [0.25, 0.3) is 0 Å². The van der Waals surface area contributed by atoms with Gasteiger partial charge in [0.1, 0.15) is 0 Å². The van der Waals surface area contributed by atoms with Crippen LogP contribution in [0, 0.1) is 12.3 Å². The molecule has 0 saturated heterocycles. The van der Waals surface area contributed by atoms with E-state index in [0.29, 0.717) is 13.0 Å². The third-order valence-corrected chi connectivity index (χ3v) is 0.532. The minimum Gasteiger partial charge on any atom is -0.330 e. The van der Waals surface area contributed by atoms with E-state index in [9.17, 15) is 4.79 Å².